The van der Waals surface area contributed by atoms with E-state index in [-0.39, 0.29) is 5.91 Å². The number of hydrogen-bond donors (Lipinski definition) is 0. The molecule has 1 aliphatic rings. The van der Waals surface area contributed by atoms with E-state index < -0.39 is 0 Å². The lowest BCUT2D eigenvalue weighted by molar-refractivity contribution is -0.129. The minimum atomic E-state index is 0.268. The van der Waals surface area contributed by atoms with Gasteiger partial charge in [-0.1, -0.05) is 6.92 Å². The van der Waals surface area contributed by atoms with Crippen molar-refractivity contribution < 1.29 is 4.79 Å². The molecule has 0 bridgehead atoms. The van der Waals surface area contributed by atoms with E-state index in [4.69, 9.17) is 5.26 Å². The van der Waals surface area contributed by atoms with Crippen LogP contribution in [0.1, 0.15) is 39.0 Å². The van der Waals surface area contributed by atoms with Gasteiger partial charge in [-0.15, -0.1) is 0 Å². The van der Waals surface area contributed by atoms with Crippen LogP contribution in [0.25, 0.3) is 0 Å². The second-order valence-corrected chi connectivity index (χ2v) is 3.48. The summed E-state index contributed by atoms with van der Waals surface area (Å²) in [6, 6.07) is 2.47. The first-order chi connectivity index (χ1) is 6.29. The van der Waals surface area contributed by atoms with Gasteiger partial charge in [-0.3, -0.25) is 4.79 Å². The fraction of sp³-hybridized carbons (Fsp3) is 0.800. The third kappa shape index (κ3) is 2.45. The smallest absolute Gasteiger partial charge is 0.222 e. The Morgan fingerprint density at radius 2 is 2.46 bits per heavy atom. The summed E-state index contributed by atoms with van der Waals surface area (Å²) in [6.45, 7) is 2.93. The van der Waals surface area contributed by atoms with Crippen molar-refractivity contribution in [3.05, 3.63) is 0 Å². The highest BCUT2D eigenvalue weighted by molar-refractivity contribution is 5.78. The maximum absolute atomic E-state index is 11.4. The fourth-order valence-corrected chi connectivity index (χ4v) is 1.87. The Hall–Kier alpha value is -1.04. The number of likely N-dealkylation sites (tertiary alicyclic amines) is 1. The number of carbonyl (C=O) groups is 1. The van der Waals surface area contributed by atoms with Gasteiger partial charge in [0.1, 0.15) is 0 Å². The van der Waals surface area contributed by atoms with Gasteiger partial charge in [0.25, 0.3) is 0 Å². The molecule has 0 aromatic carbocycles. The molecule has 3 heteroatoms. The van der Waals surface area contributed by atoms with Crippen LogP contribution in [-0.4, -0.2) is 23.4 Å². The number of nitriles is 1. The molecule has 0 saturated carbocycles. The van der Waals surface area contributed by atoms with Crippen molar-refractivity contribution in [1.29, 1.82) is 5.26 Å². The van der Waals surface area contributed by atoms with E-state index in [0.717, 1.165) is 25.8 Å². The zero-order valence-electron chi connectivity index (χ0n) is 8.12. The summed E-state index contributed by atoms with van der Waals surface area (Å²) in [4.78, 5) is 13.3. The summed E-state index contributed by atoms with van der Waals surface area (Å²) < 4.78 is 0. The fourth-order valence-electron chi connectivity index (χ4n) is 1.87. The number of carbonyl (C=O) groups excluding carboxylic acids is 1. The summed E-state index contributed by atoms with van der Waals surface area (Å²) in [5.74, 6) is 0.268. The molecule has 13 heavy (non-hydrogen) atoms. The summed E-state index contributed by atoms with van der Waals surface area (Å²) >= 11 is 0. The molecule has 3 nitrogen and oxygen atoms in total. The van der Waals surface area contributed by atoms with Crippen LogP contribution in [0.3, 0.4) is 0 Å². The predicted molar refractivity (Wildman–Crippen MR) is 49.9 cm³/mol. The second kappa shape index (κ2) is 4.86. The van der Waals surface area contributed by atoms with Gasteiger partial charge in [0, 0.05) is 25.4 Å². The van der Waals surface area contributed by atoms with Crippen molar-refractivity contribution in [3.8, 4) is 6.07 Å². The minimum absolute atomic E-state index is 0.268. The number of hydrogen-bond acceptors (Lipinski definition) is 2. The Bertz CT molecular complexity index is 219. The molecule has 1 fully saturated rings. The Morgan fingerprint density at radius 3 is 3.08 bits per heavy atom. The summed E-state index contributed by atoms with van der Waals surface area (Å²) in [7, 11) is 0. The maximum Gasteiger partial charge on any atom is 0.222 e. The quantitative estimate of drug-likeness (QED) is 0.660. The Labute approximate surface area is 79.3 Å². The monoisotopic (exact) mass is 180 g/mol. The third-order valence-electron chi connectivity index (χ3n) is 2.51. The molecule has 1 saturated heterocycles. The molecule has 0 N–H and O–H groups in total. The summed E-state index contributed by atoms with van der Waals surface area (Å²) in [5.41, 5.74) is 0. The molecule has 1 rings (SSSR count). The molecular formula is C10H16N2O. The van der Waals surface area contributed by atoms with E-state index in [1.54, 1.807) is 0 Å². The number of rotatable bonds is 4. The highest BCUT2D eigenvalue weighted by atomic mass is 16.2. The molecule has 0 aromatic rings. The van der Waals surface area contributed by atoms with Crippen molar-refractivity contribution in [3.63, 3.8) is 0 Å². The van der Waals surface area contributed by atoms with Crippen molar-refractivity contribution in [2.45, 2.75) is 45.1 Å². The van der Waals surface area contributed by atoms with E-state index in [1.807, 2.05) is 4.90 Å². The van der Waals surface area contributed by atoms with Gasteiger partial charge in [0.2, 0.25) is 5.91 Å². The normalized spacial score (nSPS) is 22.0. The standard InChI is InChI=1S/C10H16N2O/c1-2-8-12-9(4-3-7-11)5-6-10(12)13/h9H,2-6,8H2,1H3/t9-/m0/s1. The van der Waals surface area contributed by atoms with Crippen LogP contribution in [0, 0.1) is 11.3 Å². The van der Waals surface area contributed by atoms with Crippen molar-refractivity contribution in [2.24, 2.45) is 0 Å². The molecule has 0 aromatic heterocycles. The SMILES string of the molecule is CCCN1C(=O)CC[C@@H]1CCC#N. The van der Waals surface area contributed by atoms with E-state index in [2.05, 4.69) is 13.0 Å². The lowest BCUT2D eigenvalue weighted by atomic mass is 10.1. The van der Waals surface area contributed by atoms with Crippen LogP contribution in [0.5, 0.6) is 0 Å². The number of amides is 1. The predicted octanol–water partition coefficient (Wildman–Crippen LogP) is 1.69. The van der Waals surface area contributed by atoms with Gasteiger partial charge >= 0.3 is 0 Å². The number of nitrogens with zero attached hydrogens (tertiary/aromatic N) is 2. The van der Waals surface area contributed by atoms with E-state index in [1.165, 1.54) is 0 Å². The highest BCUT2D eigenvalue weighted by Crippen LogP contribution is 2.22. The van der Waals surface area contributed by atoms with Gasteiger partial charge in [-0.2, -0.15) is 5.26 Å². The average molecular weight is 180 g/mol. The molecule has 0 unspecified atom stereocenters. The van der Waals surface area contributed by atoms with Crippen LogP contribution >= 0.6 is 0 Å². The van der Waals surface area contributed by atoms with Crippen molar-refractivity contribution in [1.82, 2.24) is 4.90 Å². The van der Waals surface area contributed by atoms with Gasteiger partial charge in [0.05, 0.1) is 6.07 Å². The van der Waals surface area contributed by atoms with Crippen LogP contribution in [0.15, 0.2) is 0 Å². The summed E-state index contributed by atoms with van der Waals surface area (Å²) in [6.07, 6.45) is 4.05. The molecule has 1 aliphatic heterocycles. The van der Waals surface area contributed by atoms with Gasteiger partial charge < -0.3 is 4.90 Å². The van der Waals surface area contributed by atoms with E-state index in [9.17, 15) is 4.79 Å². The third-order valence-corrected chi connectivity index (χ3v) is 2.51. The largest absolute Gasteiger partial charge is 0.340 e. The molecule has 72 valence electrons. The molecule has 0 spiro atoms. The van der Waals surface area contributed by atoms with E-state index in [0.29, 0.717) is 18.9 Å². The minimum Gasteiger partial charge on any atom is -0.340 e. The Morgan fingerprint density at radius 1 is 1.69 bits per heavy atom. The molecule has 1 heterocycles. The van der Waals surface area contributed by atoms with Crippen LogP contribution < -0.4 is 0 Å². The van der Waals surface area contributed by atoms with Gasteiger partial charge in [0.15, 0.2) is 0 Å². The van der Waals surface area contributed by atoms with Crippen LogP contribution in [0.2, 0.25) is 0 Å². The van der Waals surface area contributed by atoms with Crippen LogP contribution in [0.4, 0.5) is 0 Å². The highest BCUT2D eigenvalue weighted by Gasteiger charge is 2.29. The Balaban J connectivity index is 2.44. The average Bonchev–Trinajstić information content (AvgIpc) is 2.46. The lowest BCUT2D eigenvalue weighted by Crippen LogP contribution is -2.33. The van der Waals surface area contributed by atoms with Gasteiger partial charge in [-0.05, 0) is 19.3 Å². The first-order valence-electron chi connectivity index (χ1n) is 4.96. The molecule has 1 atom stereocenters. The molecular weight excluding hydrogens is 164 g/mol. The molecule has 0 radical (unpaired) electrons. The zero-order valence-corrected chi connectivity index (χ0v) is 8.12. The van der Waals surface area contributed by atoms with Crippen LogP contribution in [-0.2, 0) is 4.79 Å². The Kier molecular flexibility index (Phi) is 3.75. The zero-order chi connectivity index (χ0) is 9.68. The first-order valence-corrected chi connectivity index (χ1v) is 4.96. The van der Waals surface area contributed by atoms with Crippen molar-refractivity contribution in [2.75, 3.05) is 6.54 Å². The molecule has 1 amide bonds. The maximum atomic E-state index is 11.4. The van der Waals surface area contributed by atoms with E-state index >= 15 is 0 Å². The second-order valence-electron chi connectivity index (χ2n) is 3.48. The first kappa shape index (κ1) is 10.0. The summed E-state index contributed by atoms with van der Waals surface area (Å²) in [5, 5.41) is 8.46. The lowest BCUT2D eigenvalue weighted by Gasteiger charge is -2.23. The van der Waals surface area contributed by atoms with Crippen molar-refractivity contribution >= 4 is 5.91 Å². The topological polar surface area (TPSA) is 44.1 Å². The molecule has 0 aliphatic carbocycles. The van der Waals surface area contributed by atoms with Gasteiger partial charge in [-0.25, -0.2) is 0 Å².